The van der Waals surface area contributed by atoms with Crippen molar-refractivity contribution in [3.05, 3.63) is 64.4 Å². The number of benzene rings is 2. The summed E-state index contributed by atoms with van der Waals surface area (Å²) in [5, 5.41) is 0.0757. The Balaban J connectivity index is 2.27. The first-order valence-corrected chi connectivity index (χ1v) is 7.18. The molecule has 0 radical (unpaired) electrons. The number of hydrogen-bond acceptors (Lipinski definition) is 3. The minimum Gasteiger partial charge on any atom is -0.494 e. The third kappa shape index (κ3) is 3.73. The van der Waals surface area contributed by atoms with Gasteiger partial charge in [0.2, 0.25) is 0 Å². The Morgan fingerprint density at radius 1 is 1.24 bits per heavy atom. The van der Waals surface area contributed by atoms with Crippen LogP contribution in [-0.4, -0.2) is 6.61 Å². The van der Waals surface area contributed by atoms with Crippen LogP contribution in [0.4, 0.5) is 4.39 Å². The average Bonchev–Trinajstić information content (AvgIpc) is 2.51. The summed E-state index contributed by atoms with van der Waals surface area (Å²) in [5.41, 5.74) is 4.16. The summed E-state index contributed by atoms with van der Waals surface area (Å²) in [4.78, 5) is 0. The summed E-state index contributed by atoms with van der Waals surface area (Å²) in [7, 11) is 0. The second-order valence-corrected chi connectivity index (χ2v) is 5.04. The first-order chi connectivity index (χ1) is 10.2. The highest BCUT2D eigenvalue weighted by Gasteiger charge is 2.17. The van der Waals surface area contributed by atoms with E-state index in [2.05, 4.69) is 12.3 Å². The summed E-state index contributed by atoms with van der Waals surface area (Å²) in [6.45, 7) is 2.72. The summed E-state index contributed by atoms with van der Waals surface area (Å²) >= 11 is 6.02. The second-order valence-electron chi connectivity index (χ2n) is 4.66. The van der Waals surface area contributed by atoms with Crippen LogP contribution in [0.15, 0.2) is 42.5 Å². The summed E-state index contributed by atoms with van der Waals surface area (Å²) in [5.74, 6) is 5.94. The van der Waals surface area contributed by atoms with Crippen molar-refractivity contribution in [1.82, 2.24) is 5.43 Å². The maximum atomic E-state index is 13.6. The fraction of sp³-hybridized carbons (Fsp3) is 0.250. The summed E-state index contributed by atoms with van der Waals surface area (Å²) < 4.78 is 19.1. The van der Waals surface area contributed by atoms with Gasteiger partial charge in [0, 0.05) is 0 Å². The quantitative estimate of drug-likeness (QED) is 0.630. The van der Waals surface area contributed by atoms with Crippen LogP contribution in [0.3, 0.4) is 0 Å². The number of hydrogen-bond donors (Lipinski definition) is 2. The van der Waals surface area contributed by atoms with Gasteiger partial charge in [0.25, 0.3) is 0 Å². The van der Waals surface area contributed by atoms with Crippen LogP contribution in [0.2, 0.25) is 5.02 Å². The number of ether oxygens (including phenoxy) is 1. The molecule has 5 heteroatoms. The molecule has 0 amide bonds. The first kappa shape index (κ1) is 15.8. The van der Waals surface area contributed by atoms with Gasteiger partial charge in [-0.15, -0.1) is 0 Å². The van der Waals surface area contributed by atoms with Crippen LogP contribution in [0.25, 0.3) is 0 Å². The summed E-state index contributed by atoms with van der Waals surface area (Å²) in [6.07, 6.45) is 0.952. The largest absolute Gasteiger partial charge is 0.494 e. The van der Waals surface area contributed by atoms with Crippen LogP contribution in [0, 0.1) is 5.82 Å². The Bertz CT molecular complexity index is 589. The Morgan fingerprint density at radius 2 is 1.95 bits per heavy atom. The van der Waals surface area contributed by atoms with Crippen molar-refractivity contribution in [2.75, 3.05) is 6.61 Å². The van der Waals surface area contributed by atoms with Crippen molar-refractivity contribution in [1.29, 1.82) is 0 Å². The lowest BCUT2D eigenvalue weighted by atomic mass is 9.99. The zero-order valence-electron chi connectivity index (χ0n) is 11.8. The molecule has 0 aliphatic rings. The molecule has 0 heterocycles. The van der Waals surface area contributed by atoms with Crippen molar-refractivity contribution < 1.29 is 9.13 Å². The Hall–Kier alpha value is -1.62. The molecule has 0 aliphatic heterocycles. The van der Waals surface area contributed by atoms with E-state index in [0.29, 0.717) is 12.2 Å². The minimum absolute atomic E-state index is 0.0757. The van der Waals surface area contributed by atoms with E-state index in [0.717, 1.165) is 17.7 Å². The van der Waals surface area contributed by atoms with E-state index in [1.54, 1.807) is 12.1 Å². The lowest BCUT2D eigenvalue weighted by Crippen LogP contribution is -2.29. The van der Waals surface area contributed by atoms with Crippen molar-refractivity contribution in [2.24, 2.45) is 5.84 Å². The molecule has 2 aromatic carbocycles. The fourth-order valence-electron chi connectivity index (χ4n) is 2.09. The van der Waals surface area contributed by atoms with Crippen LogP contribution in [-0.2, 0) is 0 Å². The van der Waals surface area contributed by atoms with Crippen LogP contribution >= 0.6 is 11.6 Å². The maximum Gasteiger partial charge on any atom is 0.142 e. The minimum atomic E-state index is -0.461. The number of halogens is 2. The van der Waals surface area contributed by atoms with Gasteiger partial charge >= 0.3 is 0 Å². The maximum absolute atomic E-state index is 13.6. The Morgan fingerprint density at radius 3 is 2.57 bits per heavy atom. The fourth-order valence-corrected chi connectivity index (χ4v) is 2.32. The predicted octanol–water partition coefficient (Wildman–Crippen LogP) is 3.82. The van der Waals surface area contributed by atoms with E-state index >= 15 is 0 Å². The molecule has 1 atom stereocenters. The molecule has 3 N–H and O–H groups in total. The Kier molecular flexibility index (Phi) is 5.56. The van der Waals surface area contributed by atoms with Crippen LogP contribution in [0.1, 0.15) is 30.5 Å². The lowest BCUT2D eigenvalue weighted by molar-refractivity contribution is 0.317. The van der Waals surface area contributed by atoms with Crippen molar-refractivity contribution in [3.63, 3.8) is 0 Å². The Labute approximate surface area is 128 Å². The van der Waals surface area contributed by atoms with Crippen molar-refractivity contribution >= 4 is 11.6 Å². The lowest BCUT2D eigenvalue weighted by Gasteiger charge is -2.19. The van der Waals surface area contributed by atoms with E-state index in [-0.39, 0.29) is 11.1 Å². The molecule has 0 spiro atoms. The van der Waals surface area contributed by atoms with Gasteiger partial charge in [-0.25, -0.2) is 9.82 Å². The third-order valence-corrected chi connectivity index (χ3v) is 3.54. The number of nitrogens with two attached hydrogens (primary N) is 1. The summed E-state index contributed by atoms with van der Waals surface area (Å²) in [6, 6.07) is 11.8. The monoisotopic (exact) mass is 308 g/mol. The van der Waals surface area contributed by atoms with Crippen LogP contribution < -0.4 is 16.0 Å². The van der Waals surface area contributed by atoms with Gasteiger partial charge in [0.05, 0.1) is 17.7 Å². The second kappa shape index (κ2) is 7.41. The number of nitrogens with one attached hydrogen (secondary N) is 1. The smallest absolute Gasteiger partial charge is 0.142 e. The first-order valence-electron chi connectivity index (χ1n) is 6.80. The van der Waals surface area contributed by atoms with E-state index in [9.17, 15) is 4.39 Å². The van der Waals surface area contributed by atoms with Gasteiger partial charge in [-0.05, 0) is 35.7 Å². The molecule has 0 saturated carbocycles. The zero-order chi connectivity index (χ0) is 15.2. The van der Waals surface area contributed by atoms with Gasteiger partial charge in [0.1, 0.15) is 11.6 Å². The van der Waals surface area contributed by atoms with Gasteiger partial charge < -0.3 is 4.74 Å². The molecule has 2 rings (SSSR count). The molecular weight excluding hydrogens is 291 g/mol. The van der Waals surface area contributed by atoms with Gasteiger partial charge in [0.15, 0.2) is 0 Å². The number of hydrazine groups is 1. The molecule has 0 aliphatic carbocycles. The molecule has 0 aromatic heterocycles. The molecule has 21 heavy (non-hydrogen) atoms. The molecule has 0 saturated heterocycles. The van der Waals surface area contributed by atoms with Crippen molar-refractivity contribution in [2.45, 2.75) is 19.4 Å². The third-order valence-electron chi connectivity index (χ3n) is 3.15. The molecular formula is C16H18ClFN2O. The van der Waals surface area contributed by atoms with E-state index in [1.807, 2.05) is 24.3 Å². The average molecular weight is 309 g/mol. The number of rotatable bonds is 6. The van der Waals surface area contributed by atoms with Crippen molar-refractivity contribution in [3.8, 4) is 5.75 Å². The van der Waals surface area contributed by atoms with Gasteiger partial charge in [-0.1, -0.05) is 42.8 Å². The van der Waals surface area contributed by atoms with Gasteiger partial charge in [-0.2, -0.15) is 0 Å². The van der Waals surface area contributed by atoms with E-state index in [1.165, 1.54) is 6.07 Å². The SMILES string of the molecule is CCCOc1ccc(C(NN)c2cccc(F)c2Cl)cc1. The van der Waals surface area contributed by atoms with E-state index < -0.39 is 5.82 Å². The molecule has 0 bridgehead atoms. The molecule has 2 aromatic rings. The van der Waals surface area contributed by atoms with E-state index in [4.69, 9.17) is 22.2 Å². The topological polar surface area (TPSA) is 47.3 Å². The zero-order valence-corrected chi connectivity index (χ0v) is 12.5. The standard InChI is InChI=1S/C16H18ClFN2O/c1-2-10-21-12-8-6-11(7-9-12)16(20-19)13-4-3-5-14(18)15(13)17/h3-9,16,20H,2,10,19H2,1H3. The highest BCUT2D eigenvalue weighted by molar-refractivity contribution is 6.31. The van der Waals surface area contributed by atoms with Crippen LogP contribution in [0.5, 0.6) is 5.75 Å². The molecule has 0 fully saturated rings. The van der Waals surface area contributed by atoms with Gasteiger partial charge in [-0.3, -0.25) is 5.84 Å². The highest BCUT2D eigenvalue weighted by atomic mass is 35.5. The highest BCUT2D eigenvalue weighted by Crippen LogP contribution is 2.30. The molecule has 112 valence electrons. The molecule has 1 unspecified atom stereocenters. The normalized spacial score (nSPS) is 12.2. The molecule has 3 nitrogen and oxygen atoms in total. The predicted molar refractivity (Wildman–Crippen MR) is 82.8 cm³/mol.